The van der Waals surface area contributed by atoms with Gasteiger partial charge in [-0.05, 0) is 42.2 Å². The molecule has 0 spiro atoms. The highest BCUT2D eigenvalue weighted by Crippen LogP contribution is 2.53. The quantitative estimate of drug-likeness (QED) is 0.592. The summed E-state index contributed by atoms with van der Waals surface area (Å²) >= 11 is 0. The molecule has 1 atom stereocenters. The molecule has 3 rings (SSSR count). The maximum absolute atomic E-state index is 5.80. The Balaban J connectivity index is 1.76. The summed E-state index contributed by atoms with van der Waals surface area (Å²) < 4.78 is 11.1. The number of hydrogen-bond donors (Lipinski definition) is 0. The largest absolute Gasteiger partial charge is 0.453 e. The van der Waals surface area contributed by atoms with Crippen molar-refractivity contribution < 1.29 is 9.47 Å². The van der Waals surface area contributed by atoms with Crippen molar-refractivity contribution in [2.75, 3.05) is 0 Å². The minimum atomic E-state index is 0.594. The smallest absolute Gasteiger partial charge is 0.212 e. The van der Waals surface area contributed by atoms with Crippen LogP contribution < -0.4 is 9.47 Å². The third-order valence-electron chi connectivity index (χ3n) is 3.40. The van der Waals surface area contributed by atoms with Crippen molar-refractivity contribution in [1.29, 1.82) is 0 Å². The van der Waals surface area contributed by atoms with Crippen LogP contribution in [0.4, 0.5) is 0 Å². The van der Waals surface area contributed by atoms with E-state index in [9.17, 15) is 0 Å². The first kappa shape index (κ1) is 11.1. The molecule has 0 aliphatic carbocycles. The van der Waals surface area contributed by atoms with Gasteiger partial charge < -0.3 is 9.47 Å². The normalized spacial score (nSPS) is 13.4. The minimum Gasteiger partial charge on any atom is -0.453 e. The zero-order chi connectivity index (χ0) is 12.5. The minimum absolute atomic E-state index is 0.594. The summed E-state index contributed by atoms with van der Waals surface area (Å²) in [6.07, 6.45) is 1.15. The van der Waals surface area contributed by atoms with Gasteiger partial charge in [0.05, 0.1) is 0 Å². The van der Waals surface area contributed by atoms with Crippen LogP contribution >= 0.6 is 0 Å². The van der Waals surface area contributed by atoms with Gasteiger partial charge in [-0.25, -0.2) is 0 Å². The lowest BCUT2D eigenvalue weighted by molar-refractivity contribution is 0.471. The van der Waals surface area contributed by atoms with Gasteiger partial charge >= 0.3 is 0 Å². The summed E-state index contributed by atoms with van der Waals surface area (Å²) in [6, 6.07) is 14.1. The number of rotatable bonds is 4. The SMILES string of the molecule is CCC(C)c1ccc(Oc2cccc3c2O3)cc1. The van der Waals surface area contributed by atoms with Gasteiger partial charge in [-0.3, -0.25) is 0 Å². The molecule has 1 aliphatic heterocycles. The van der Waals surface area contributed by atoms with Crippen LogP contribution in [0.15, 0.2) is 42.5 Å². The van der Waals surface area contributed by atoms with E-state index in [0.717, 1.165) is 29.4 Å². The molecule has 92 valence electrons. The first-order chi connectivity index (χ1) is 8.78. The Hall–Kier alpha value is -1.96. The van der Waals surface area contributed by atoms with E-state index in [0.29, 0.717) is 5.92 Å². The fraction of sp³-hybridized carbons (Fsp3) is 0.250. The molecule has 1 heterocycles. The van der Waals surface area contributed by atoms with Gasteiger partial charge in [0.15, 0.2) is 11.5 Å². The Bertz CT molecular complexity index is 558. The van der Waals surface area contributed by atoms with E-state index in [1.807, 2.05) is 30.3 Å². The Morgan fingerprint density at radius 3 is 2.61 bits per heavy atom. The summed E-state index contributed by atoms with van der Waals surface area (Å²) in [6.45, 7) is 4.44. The monoisotopic (exact) mass is 240 g/mol. The topological polar surface area (TPSA) is 21.8 Å². The maximum atomic E-state index is 5.80. The summed E-state index contributed by atoms with van der Waals surface area (Å²) in [5, 5.41) is 0. The average Bonchev–Trinajstić information content (AvgIpc) is 3.19. The van der Waals surface area contributed by atoms with Gasteiger partial charge in [-0.15, -0.1) is 0 Å². The second-order valence-corrected chi connectivity index (χ2v) is 4.67. The molecule has 1 aliphatic rings. The molecule has 1 unspecified atom stereocenters. The number of fused-ring (bicyclic) bond motifs is 1. The standard InChI is InChI=1S/C16H16O2/c1-3-11(2)12-7-9-13(10-8-12)17-14-5-4-6-15-16(14)18-15/h4-11H,3H2,1-2H3. The molecular formula is C16H16O2. The second kappa shape index (κ2) is 4.37. The van der Waals surface area contributed by atoms with Gasteiger partial charge in [0.1, 0.15) is 5.75 Å². The fourth-order valence-electron chi connectivity index (χ4n) is 1.97. The summed E-state index contributed by atoms with van der Waals surface area (Å²) in [5.74, 6) is 4.03. The summed E-state index contributed by atoms with van der Waals surface area (Å²) in [7, 11) is 0. The van der Waals surface area contributed by atoms with Gasteiger partial charge in [0.2, 0.25) is 5.75 Å². The van der Waals surface area contributed by atoms with Crippen molar-refractivity contribution in [3.8, 4) is 23.0 Å². The van der Waals surface area contributed by atoms with Crippen LogP contribution in [0, 0.1) is 0 Å². The molecule has 2 nitrogen and oxygen atoms in total. The van der Waals surface area contributed by atoms with Crippen molar-refractivity contribution in [3.05, 3.63) is 48.0 Å². The first-order valence-electron chi connectivity index (χ1n) is 6.36. The van der Waals surface area contributed by atoms with E-state index in [4.69, 9.17) is 9.47 Å². The molecule has 2 aromatic carbocycles. The molecular weight excluding hydrogens is 224 g/mol. The molecule has 2 aromatic rings. The number of hydrogen-bond acceptors (Lipinski definition) is 2. The lowest BCUT2D eigenvalue weighted by Gasteiger charge is -2.10. The Kier molecular flexibility index (Phi) is 2.71. The predicted molar refractivity (Wildman–Crippen MR) is 71.7 cm³/mol. The van der Waals surface area contributed by atoms with Crippen molar-refractivity contribution in [3.63, 3.8) is 0 Å². The highest BCUT2D eigenvalue weighted by Gasteiger charge is 2.25. The Morgan fingerprint density at radius 2 is 1.89 bits per heavy atom. The van der Waals surface area contributed by atoms with E-state index in [1.165, 1.54) is 5.56 Å². The molecule has 0 saturated carbocycles. The molecule has 0 saturated heterocycles. The molecule has 0 aromatic heterocycles. The molecule has 0 bridgehead atoms. The molecule has 0 radical (unpaired) electrons. The number of para-hydroxylation sites is 1. The van der Waals surface area contributed by atoms with E-state index < -0.39 is 0 Å². The van der Waals surface area contributed by atoms with Crippen molar-refractivity contribution >= 4 is 0 Å². The van der Waals surface area contributed by atoms with E-state index in [2.05, 4.69) is 26.0 Å². The zero-order valence-corrected chi connectivity index (χ0v) is 10.6. The average molecular weight is 240 g/mol. The van der Waals surface area contributed by atoms with Crippen LogP contribution in [0.1, 0.15) is 31.7 Å². The van der Waals surface area contributed by atoms with Crippen molar-refractivity contribution in [2.24, 2.45) is 0 Å². The van der Waals surface area contributed by atoms with E-state index in [-0.39, 0.29) is 0 Å². The molecule has 0 fully saturated rings. The molecule has 0 N–H and O–H groups in total. The number of benzene rings is 2. The summed E-state index contributed by atoms with van der Waals surface area (Å²) in [5.41, 5.74) is 1.35. The summed E-state index contributed by atoms with van der Waals surface area (Å²) in [4.78, 5) is 0. The third-order valence-corrected chi connectivity index (χ3v) is 3.40. The molecule has 18 heavy (non-hydrogen) atoms. The Labute approximate surface area is 107 Å². The van der Waals surface area contributed by atoms with Crippen LogP contribution in [-0.4, -0.2) is 0 Å². The van der Waals surface area contributed by atoms with Crippen molar-refractivity contribution in [2.45, 2.75) is 26.2 Å². The highest BCUT2D eigenvalue weighted by atomic mass is 16.6. The Morgan fingerprint density at radius 1 is 1.11 bits per heavy atom. The number of ether oxygens (including phenoxy) is 2. The lowest BCUT2D eigenvalue weighted by Crippen LogP contribution is -1.91. The van der Waals surface area contributed by atoms with Gasteiger partial charge in [0.25, 0.3) is 0 Å². The molecule has 2 heteroatoms. The second-order valence-electron chi connectivity index (χ2n) is 4.67. The highest BCUT2D eigenvalue weighted by molar-refractivity contribution is 5.63. The van der Waals surface area contributed by atoms with Crippen LogP contribution in [0.3, 0.4) is 0 Å². The van der Waals surface area contributed by atoms with Crippen LogP contribution in [0.2, 0.25) is 0 Å². The van der Waals surface area contributed by atoms with Crippen LogP contribution in [0.25, 0.3) is 0 Å². The van der Waals surface area contributed by atoms with E-state index in [1.54, 1.807) is 0 Å². The molecule has 0 amide bonds. The zero-order valence-electron chi connectivity index (χ0n) is 10.6. The van der Waals surface area contributed by atoms with Crippen LogP contribution in [0.5, 0.6) is 23.0 Å². The van der Waals surface area contributed by atoms with Gasteiger partial charge in [0, 0.05) is 0 Å². The van der Waals surface area contributed by atoms with Gasteiger partial charge in [-0.2, -0.15) is 0 Å². The van der Waals surface area contributed by atoms with Gasteiger partial charge in [-0.1, -0.05) is 32.0 Å². The predicted octanol–water partition coefficient (Wildman–Crippen LogP) is 5.10. The fourth-order valence-corrected chi connectivity index (χ4v) is 1.97. The van der Waals surface area contributed by atoms with Crippen molar-refractivity contribution in [1.82, 2.24) is 0 Å². The van der Waals surface area contributed by atoms with E-state index >= 15 is 0 Å². The van der Waals surface area contributed by atoms with Crippen LogP contribution in [-0.2, 0) is 0 Å². The first-order valence-corrected chi connectivity index (χ1v) is 6.36. The third kappa shape index (κ3) is 2.06. The lowest BCUT2D eigenvalue weighted by atomic mass is 9.99. The maximum Gasteiger partial charge on any atom is 0.212 e.